The molecule has 0 aliphatic heterocycles. The fourth-order valence-corrected chi connectivity index (χ4v) is 2.23. The lowest BCUT2D eigenvalue weighted by Gasteiger charge is -2.17. The quantitative estimate of drug-likeness (QED) is 0.704. The van der Waals surface area contributed by atoms with E-state index in [4.69, 9.17) is 17.0 Å². The molecule has 0 bridgehead atoms. The van der Waals surface area contributed by atoms with Gasteiger partial charge in [0.15, 0.2) is 5.11 Å². The van der Waals surface area contributed by atoms with Gasteiger partial charge in [0.05, 0.1) is 7.11 Å². The van der Waals surface area contributed by atoms with Crippen LogP contribution < -0.4 is 15.4 Å². The predicted molar refractivity (Wildman–Crippen MR) is 90.5 cm³/mol. The van der Waals surface area contributed by atoms with Crippen molar-refractivity contribution in [1.29, 1.82) is 0 Å². The number of anilines is 1. The molecule has 1 aromatic rings. The minimum atomic E-state index is 0.685. The lowest BCUT2D eigenvalue weighted by atomic mass is 9.99. The van der Waals surface area contributed by atoms with E-state index in [1.807, 2.05) is 24.3 Å². The lowest BCUT2D eigenvalue weighted by molar-refractivity contribution is 0.415. The van der Waals surface area contributed by atoms with Gasteiger partial charge in [-0.25, -0.2) is 0 Å². The number of ether oxygens (including phenoxy) is 1. The molecule has 4 heteroatoms. The molecule has 1 atom stereocenters. The molecule has 0 radical (unpaired) electrons. The zero-order valence-electron chi connectivity index (χ0n) is 12.7. The van der Waals surface area contributed by atoms with Gasteiger partial charge in [0.1, 0.15) is 5.75 Å². The molecule has 0 amide bonds. The second kappa shape index (κ2) is 9.59. The first-order valence-electron chi connectivity index (χ1n) is 7.38. The number of hydrogen-bond donors (Lipinski definition) is 2. The Balaban J connectivity index is 2.34. The third-order valence-electron chi connectivity index (χ3n) is 3.44. The van der Waals surface area contributed by atoms with Crippen molar-refractivity contribution in [2.75, 3.05) is 19.0 Å². The largest absolute Gasteiger partial charge is 0.497 e. The molecular formula is C16H26N2OS. The van der Waals surface area contributed by atoms with E-state index in [-0.39, 0.29) is 0 Å². The topological polar surface area (TPSA) is 33.3 Å². The van der Waals surface area contributed by atoms with Crippen LogP contribution in [0.25, 0.3) is 0 Å². The average molecular weight is 294 g/mol. The molecule has 0 aromatic heterocycles. The molecule has 1 aromatic carbocycles. The zero-order chi connectivity index (χ0) is 14.8. The summed E-state index contributed by atoms with van der Waals surface area (Å²) in [5.41, 5.74) is 0.977. The van der Waals surface area contributed by atoms with Gasteiger partial charge in [0.25, 0.3) is 0 Å². The summed E-state index contributed by atoms with van der Waals surface area (Å²) < 4.78 is 5.13. The Morgan fingerprint density at radius 1 is 1.25 bits per heavy atom. The number of unbranched alkanes of at least 4 members (excludes halogenated alkanes) is 1. The summed E-state index contributed by atoms with van der Waals surface area (Å²) >= 11 is 5.32. The van der Waals surface area contributed by atoms with Crippen molar-refractivity contribution in [3.63, 3.8) is 0 Å². The van der Waals surface area contributed by atoms with Crippen LogP contribution in [0.1, 0.15) is 39.5 Å². The number of methoxy groups -OCH3 is 1. The van der Waals surface area contributed by atoms with Crippen molar-refractivity contribution in [1.82, 2.24) is 5.32 Å². The number of nitrogens with one attached hydrogen (secondary N) is 2. The van der Waals surface area contributed by atoms with Crippen LogP contribution in [0, 0.1) is 5.92 Å². The summed E-state index contributed by atoms with van der Waals surface area (Å²) in [6.45, 7) is 5.41. The van der Waals surface area contributed by atoms with Crippen LogP contribution in [0.2, 0.25) is 0 Å². The summed E-state index contributed by atoms with van der Waals surface area (Å²) in [5, 5.41) is 7.19. The normalized spacial score (nSPS) is 11.8. The monoisotopic (exact) mass is 294 g/mol. The van der Waals surface area contributed by atoms with E-state index in [9.17, 15) is 0 Å². The molecule has 0 aliphatic carbocycles. The minimum absolute atomic E-state index is 0.685. The van der Waals surface area contributed by atoms with Crippen molar-refractivity contribution < 1.29 is 4.74 Å². The van der Waals surface area contributed by atoms with Gasteiger partial charge in [-0.1, -0.05) is 33.1 Å². The first kappa shape index (κ1) is 16.8. The van der Waals surface area contributed by atoms with Crippen LogP contribution in [0.5, 0.6) is 5.75 Å². The standard InChI is InChI=1S/C16H26N2OS/c1-4-6-7-13(5-2)12-17-16(20)18-14-8-10-15(19-3)11-9-14/h8-11,13H,4-7,12H2,1-3H3,(H2,17,18,20). The van der Waals surface area contributed by atoms with Crippen molar-refractivity contribution >= 4 is 23.0 Å². The number of rotatable bonds is 8. The molecular weight excluding hydrogens is 268 g/mol. The van der Waals surface area contributed by atoms with E-state index in [1.54, 1.807) is 7.11 Å². The molecule has 0 saturated heterocycles. The molecule has 112 valence electrons. The van der Waals surface area contributed by atoms with Crippen LogP contribution in [0.4, 0.5) is 5.69 Å². The van der Waals surface area contributed by atoms with Crippen molar-refractivity contribution in [3.8, 4) is 5.75 Å². The molecule has 0 aliphatic rings. The minimum Gasteiger partial charge on any atom is -0.497 e. The predicted octanol–water partition coefficient (Wildman–Crippen LogP) is 4.20. The van der Waals surface area contributed by atoms with E-state index >= 15 is 0 Å². The molecule has 20 heavy (non-hydrogen) atoms. The molecule has 0 heterocycles. The van der Waals surface area contributed by atoms with Gasteiger partial charge in [-0.2, -0.15) is 0 Å². The summed E-state index contributed by atoms with van der Waals surface area (Å²) in [5.74, 6) is 1.55. The van der Waals surface area contributed by atoms with Gasteiger partial charge in [0, 0.05) is 12.2 Å². The second-order valence-corrected chi connectivity index (χ2v) is 5.39. The summed E-state index contributed by atoms with van der Waals surface area (Å²) in [6, 6.07) is 7.75. The first-order chi connectivity index (χ1) is 9.69. The molecule has 0 fully saturated rings. The van der Waals surface area contributed by atoms with Crippen LogP contribution in [-0.4, -0.2) is 18.8 Å². The van der Waals surface area contributed by atoms with Crippen LogP contribution in [-0.2, 0) is 0 Å². The third kappa shape index (κ3) is 6.24. The van der Waals surface area contributed by atoms with Gasteiger partial charge in [0.2, 0.25) is 0 Å². The number of benzene rings is 1. The summed E-state index contributed by atoms with van der Waals surface area (Å²) in [6.07, 6.45) is 5.01. The Kier molecular flexibility index (Phi) is 8.04. The highest BCUT2D eigenvalue weighted by atomic mass is 32.1. The van der Waals surface area contributed by atoms with Crippen molar-refractivity contribution in [2.24, 2.45) is 5.92 Å². The first-order valence-corrected chi connectivity index (χ1v) is 7.79. The van der Waals surface area contributed by atoms with Gasteiger partial charge < -0.3 is 15.4 Å². The Morgan fingerprint density at radius 3 is 2.50 bits per heavy atom. The molecule has 1 unspecified atom stereocenters. The fraction of sp³-hybridized carbons (Fsp3) is 0.562. The van der Waals surface area contributed by atoms with E-state index in [1.165, 1.54) is 25.7 Å². The SMILES string of the molecule is CCCCC(CC)CNC(=S)Nc1ccc(OC)cc1. The fourth-order valence-electron chi connectivity index (χ4n) is 2.03. The van der Waals surface area contributed by atoms with E-state index in [2.05, 4.69) is 24.5 Å². The maximum absolute atomic E-state index is 5.32. The van der Waals surface area contributed by atoms with Crippen molar-refractivity contribution in [3.05, 3.63) is 24.3 Å². The summed E-state index contributed by atoms with van der Waals surface area (Å²) in [7, 11) is 1.66. The van der Waals surface area contributed by atoms with E-state index < -0.39 is 0 Å². The Bertz CT molecular complexity index is 392. The van der Waals surface area contributed by atoms with E-state index in [0.717, 1.165) is 18.0 Å². The van der Waals surface area contributed by atoms with Crippen LogP contribution in [0.15, 0.2) is 24.3 Å². The lowest BCUT2D eigenvalue weighted by Crippen LogP contribution is -2.32. The third-order valence-corrected chi connectivity index (χ3v) is 3.69. The van der Waals surface area contributed by atoms with Crippen LogP contribution in [0.3, 0.4) is 0 Å². The molecule has 0 spiro atoms. The summed E-state index contributed by atoms with van der Waals surface area (Å²) in [4.78, 5) is 0. The molecule has 3 nitrogen and oxygen atoms in total. The van der Waals surface area contributed by atoms with Gasteiger partial charge in [-0.05, 0) is 48.8 Å². The van der Waals surface area contributed by atoms with Gasteiger partial charge in [-0.15, -0.1) is 0 Å². The Morgan fingerprint density at radius 2 is 1.95 bits per heavy atom. The smallest absolute Gasteiger partial charge is 0.170 e. The molecule has 0 saturated carbocycles. The molecule has 1 rings (SSSR count). The highest BCUT2D eigenvalue weighted by molar-refractivity contribution is 7.80. The van der Waals surface area contributed by atoms with Crippen LogP contribution >= 0.6 is 12.2 Å². The molecule has 2 N–H and O–H groups in total. The Hall–Kier alpha value is -1.29. The zero-order valence-corrected chi connectivity index (χ0v) is 13.6. The van der Waals surface area contributed by atoms with Gasteiger partial charge >= 0.3 is 0 Å². The maximum atomic E-state index is 5.32. The highest BCUT2D eigenvalue weighted by Gasteiger charge is 2.06. The van der Waals surface area contributed by atoms with Gasteiger partial charge in [-0.3, -0.25) is 0 Å². The maximum Gasteiger partial charge on any atom is 0.170 e. The number of thiocarbonyl (C=S) groups is 1. The second-order valence-electron chi connectivity index (χ2n) is 4.98. The Labute approximate surface area is 128 Å². The highest BCUT2D eigenvalue weighted by Crippen LogP contribution is 2.15. The van der Waals surface area contributed by atoms with E-state index in [0.29, 0.717) is 11.0 Å². The average Bonchev–Trinajstić information content (AvgIpc) is 2.48. The van der Waals surface area contributed by atoms with Crippen molar-refractivity contribution in [2.45, 2.75) is 39.5 Å². The number of hydrogen-bond acceptors (Lipinski definition) is 2.